The highest BCUT2D eigenvalue weighted by Gasteiger charge is 2.52. The van der Waals surface area contributed by atoms with Crippen LogP contribution in [0, 0.1) is 17.3 Å². The second kappa shape index (κ2) is 7.84. The van der Waals surface area contributed by atoms with E-state index in [1.165, 1.54) is 7.11 Å². The molecule has 1 fully saturated rings. The Bertz CT molecular complexity index is 507. The van der Waals surface area contributed by atoms with E-state index >= 15 is 0 Å². The minimum absolute atomic E-state index is 0.0557. The van der Waals surface area contributed by atoms with Crippen LogP contribution in [0.15, 0.2) is 4.99 Å². The summed E-state index contributed by atoms with van der Waals surface area (Å²) >= 11 is 0. The predicted octanol–water partition coefficient (Wildman–Crippen LogP) is 3.00. The van der Waals surface area contributed by atoms with Crippen LogP contribution in [-0.4, -0.2) is 36.4 Å². The van der Waals surface area contributed by atoms with Gasteiger partial charge in [-0.15, -0.1) is 0 Å². The molecule has 0 aromatic heterocycles. The number of methoxy groups -OCH3 is 1. The Labute approximate surface area is 138 Å². The van der Waals surface area contributed by atoms with Crippen LogP contribution in [0.3, 0.4) is 0 Å². The molecule has 0 aromatic carbocycles. The number of carbonyl (C=O) groups is 3. The average molecular weight is 323 g/mol. The van der Waals surface area contributed by atoms with Crippen molar-refractivity contribution in [1.82, 2.24) is 0 Å². The summed E-state index contributed by atoms with van der Waals surface area (Å²) in [5.74, 6) is -2.84. The van der Waals surface area contributed by atoms with E-state index in [-0.39, 0.29) is 17.6 Å². The molecule has 0 aromatic rings. The maximum absolute atomic E-state index is 12.9. The van der Waals surface area contributed by atoms with E-state index in [4.69, 9.17) is 4.74 Å². The van der Waals surface area contributed by atoms with Gasteiger partial charge in [-0.3, -0.25) is 19.4 Å². The van der Waals surface area contributed by atoms with Gasteiger partial charge in [0.2, 0.25) is 0 Å². The maximum Gasteiger partial charge on any atom is 0.316 e. The smallest absolute Gasteiger partial charge is 0.316 e. The number of esters is 1. The van der Waals surface area contributed by atoms with Gasteiger partial charge < -0.3 is 4.74 Å². The fraction of sp³-hybridized carbons (Fsp3) is 0.778. The Morgan fingerprint density at radius 3 is 2.43 bits per heavy atom. The van der Waals surface area contributed by atoms with Crippen molar-refractivity contribution >= 4 is 23.2 Å². The first-order chi connectivity index (χ1) is 10.7. The van der Waals surface area contributed by atoms with Gasteiger partial charge in [0.1, 0.15) is 17.6 Å². The Hall–Kier alpha value is -1.52. The van der Waals surface area contributed by atoms with Gasteiger partial charge in [0.05, 0.1) is 7.11 Å². The summed E-state index contributed by atoms with van der Waals surface area (Å²) in [5.41, 5.74) is 0.0346. The molecule has 5 heteroatoms. The first-order valence-electron chi connectivity index (χ1n) is 8.40. The van der Waals surface area contributed by atoms with Crippen molar-refractivity contribution in [2.75, 3.05) is 7.11 Å². The van der Waals surface area contributed by atoms with Crippen molar-refractivity contribution in [3.05, 3.63) is 0 Å². The number of Topliss-reactive ketones (excluding diaryl/α,β-unsaturated/α-hetero) is 2. The lowest BCUT2D eigenvalue weighted by molar-refractivity contribution is -0.156. The number of hydrogen-bond donors (Lipinski definition) is 0. The summed E-state index contributed by atoms with van der Waals surface area (Å²) in [4.78, 5) is 42.2. The minimum atomic E-state index is -0.908. The number of nitrogens with zero attached hydrogens (tertiary/aromatic N) is 1. The van der Waals surface area contributed by atoms with Crippen molar-refractivity contribution in [2.45, 2.75) is 66.3 Å². The number of carbonyl (C=O) groups excluding carboxylic acids is 3. The summed E-state index contributed by atoms with van der Waals surface area (Å²) in [5, 5.41) is 0. The summed E-state index contributed by atoms with van der Waals surface area (Å²) < 4.78 is 4.81. The highest BCUT2D eigenvalue weighted by atomic mass is 16.5. The molecule has 0 aliphatic heterocycles. The van der Waals surface area contributed by atoms with E-state index in [1.54, 1.807) is 0 Å². The quantitative estimate of drug-likeness (QED) is 0.556. The summed E-state index contributed by atoms with van der Waals surface area (Å²) in [6, 6.07) is 0.0557. The van der Waals surface area contributed by atoms with Crippen molar-refractivity contribution in [3.8, 4) is 0 Å². The van der Waals surface area contributed by atoms with Gasteiger partial charge in [0, 0.05) is 18.2 Å². The number of aliphatic imine (C=N–C) groups is 1. The van der Waals surface area contributed by atoms with E-state index in [1.807, 2.05) is 34.6 Å². The van der Waals surface area contributed by atoms with Gasteiger partial charge in [-0.1, -0.05) is 27.7 Å². The van der Waals surface area contributed by atoms with Crippen LogP contribution in [0.5, 0.6) is 0 Å². The highest BCUT2D eigenvalue weighted by Crippen LogP contribution is 2.41. The molecule has 0 heterocycles. The zero-order valence-corrected chi connectivity index (χ0v) is 15.1. The molecule has 0 radical (unpaired) electrons. The minimum Gasteiger partial charge on any atom is -0.468 e. The molecule has 3 atom stereocenters. The molecule has 0 N–H and O–H groups in total. The molecule has 0 unspecified atom stereocenters. The summed E-state index contributed by atoms with van der Waals surface area (Å²) in [6.45, 7) is 9.61. The van der Waals surface area contributed by atoms with Crippen LogP contribution in [0.4, 0.5) is 0 Å². The second-order valence-corrected chi connectivity index (χ2v) is 7.05. The van der Waals surface area contributed by atoms with E-state index in [2.05, 4.69) is 4.99 Å². The predicted molar refractivity (Wildman–Crippen MR) is 89.5 cm³/mol. The Morgan fingerprint density at radius 1 is 1.35 bits per heavy atom. The SMILES string of the molecule is CCCC(=O)[C@H]1C(=O)[C@H](C(=O)OC)C(C)(C)CC1=N[C@H](C)CC. The third-order valence-corrected chi connectivity index (χ3v) is 4.55. The van der Waals surface area contributed by atoms with E-state index < -0.39 is 23.2 Å². The molecule has 23 heavy (non-hydrogen) atoms. The van der Waals surface area contributed by atoms with E-state index in [9.17, 15) is 14.4 Å². The molecule has 0 saturated heterocycles. The Morgan fingerprint density at radius 2 is 1.96 bits per heavy atom. The third-order valence-electron chi connectivity index (χ3n) is 4.55. The monoisotopic (exact) mass is 323 g/mol. The highest BCUT2D eigenvalue weighted by molar-refractivity contribution is 6.26. The molecule has 1 rings (SSSR count). The second-order valence-electron chi connectivity index (χ2n) is 7.05. The number of ether oxygens (including phenoxy) is 1. The molecular formula is C18H29NO4. The normalized spacial score (nSPS) is 26.9. The third kappa shape index (κ3) is 4.27. The lowest BCUT2D eigenvalue weighted by Gasteiger charge is -2.39. The molecule has 1 aliphatic carbocycles. The van der Waals surface area contributed by atoms with Crippen molar-refractivity contribution in [1.29, 1.82) is 0 Å². The van der Waals surface area contributed by atoms with Crippen molar-refractivity contribution in [2.24, 2.45) is 22.2 Å². The number of ketones is 2. The van der Waals surface area contributed by atoms with Gasteiger partial charge in [-0.25, -0.2) is 0 Å². The fourth-order valence-electron chi connectivity index (χ4n) is 3.17. The van der Waals surface area contributed by atoms with Crippen LogP contribution in [0.1, 0.15) is 60.3 Å². The Kier molecular flexibility index (Phi) is 6.66. The van der Waals surface area contributed by atoms with Crippen LogP contribution in [0.2, 0.25) is 0 Å². The molecule has 0 bridgehead atoms. The van der Waals surface area contributed by atoms with Gasteiger partial charge in [-0.2, -0.15) is 0 Å². The van der Waals surface area contributed by atoms with E-state index in [0.717, 1.165) is 6.42 Å². The first-order valence-corrected chi connectivity index (χ1v) is 8.40. The molecule has 0 spiro atoms. The molecule has 1 saturated carbocycles. The molecule has 5 nitrogen and oxygen atoms in total. The number of hydrogen-bond acceptors (Lipinski definition) is 5. The summed E-state index contributed by atoms with van der Waals surface area (Å²) in [7, 11) is 1.28. The van der Waals surface area contributed by atoms with Crippen LogP contribution in [-0.2, 0) is 19.1 Å². The standard InChI is InChI=1S/C18H29NO4/c1-7-9-13(20)14-12(19-11(3)8-2)10-18(4,5)15(16(14)21)17(22)23-6/h11,14-15H,7-10H2,1-6H3/t11-,14+,15-/m1/s1. The van der Waals surface area contributed by atoms with Gasteiger partial charge in [0.25, 0.3) is 0 Å². The number of rotatable bonds is 6. The zero-order chi connectivity index (χ0) is 17.8. The molecular weight excluding hydrogens is 294 g/mol. The van der Waals surface area contributed by atoms with Crippen LogP contribution < -0.4 is 0 Å². The Balaban J connectivity index is 3.32. The van der Waals surface area contributed by atoms with Gasteiger partial charge in [-0.05, 0) is 31.6 Å². The largest absolute Gasteiger partial charge is 0.468 e. The van der Waals surface area contributed by atoms with Crippen molar-refractivity contribution < 1.29 is 19.1 Å². The lowest BCUT2D eigenvalue weighted by atomic mass is 9.62. The maximum atomic E-state index is 12.9. The van der Waals surface area contributed by atoms with Crippen LogP contribution in [0.25, 0.3) is 0 Å². The fourth-order valence-corrected chi connectivity index (χ4v) is 3.17. The first kappa shape index (κ1) is 19.5. The lowest BCUT2D eigenvalue weighted by Crippen LogP contribution is -2.52. The molecule has 130 valence electrons. The van der Waals surface area contributed by atoms with Gasteiger partial charge >= 0.3 is 5.97 Å². The topological polar surface area (TPSA) is 72.8 Å². The molecule has 0 amide bonds. The van der Waals surface area contributed by atoms with Crippen molar-refractivity contribution in [3.63, 3.8) is 0 Å². The van der Waals surface area contributed by atoms with Crippen LogP contribution >= 0.6 is 0 Å². The average Bonchev–Trinajstić information content (AvgIpc) is 2.45. The molecule has 1 aliphatic rings. The summed E-state index contributed by atoms with van der Waals surface area (Å²) in [6.07, 6.45) is 2.30. The van der Waals surface area contributed by atoms with Gasteiger partial charge in [0.15, 0.2) is 5.78 Å². The van der Waals surface area contributed by atoms with E-state index in [0.29, 0.717) is 25.0 Å². The zero-order valence-electron chi connectivity index (χ0n) is 15.1.